The van der Waals surface area contributed by atoms with E-state index >= 15 is 0 Å². The van der Waals surface area contributed by atoms with E-state index in [0.717, 1.165) is 57.9 Å². The lowest BCUT2D eigenvalue weighted by molar-refractivity contribution is -0.130. The van der Waals surface area contributed by atoms with Gasteiger partial charge in [0.05, 0.1) is 25.0 Å². The average Bonchev–Trinajstić information content (AvgIpc) is 3.38. The summed E-state index contributed by atoms with van der Waals surface area (Å²) in [5.74, 6) is -0.373. The van der Waals surface area contributed by atoms with E-state index in [1.54, 1.807) is 0 Å². The van der Waals surface area contributed by atoms with Gasteiger partial charge in [-0.15, -0.1) is 0 Å². The molecule has 2 aromatic carbocycles. The zero-order chi connectivity index (χ0) is 24.7. The number of nitrogens with one attached hydrogen (secondary N) is 2. The topological polar surface area (TPSA) is 73.9 Å². The molecule has 5 rings (SSSR count). The quantitative estimate of drug-likeness (QED) is 0.595. The fourth-order valence-electron chi connectivity index (χ4n) is 5.74. The van der Waals surface area contributed by atoms with E-state index in [4.69, 9.17) is 4.74 Å². The SMILES string of the molecule is O=C(NCCN1CCOCC1)[C@H]1C[C@@H](C(=O)Nc2ccc3c(c2)CCC3)CN(Cc2ccccc2)C1. The molecule has 0 spiro atoms. The van der Waals surface area contributed by atoms with Crippen LogP contribution in [0.5, 0.6) is 0 Å². The van der Waals surface area contributed by atoms with Crippen molar-refractivity contribution in [2.75, 3.05) is 57.8 Å². The molecule has 0 bridgehead atoms. The normalized spacial score (nSPS) is 22.7. The summed E-state index contributed by atoms with van der Waals surface area (Å²) in [6.07, 6.45) is 3.97. The lowest BCUT2D eigenvalue weighted by Crippen LogP contribution is -2.50. The summed E-state index contributed by atoms with van der Waals surface area (Å²) >= 11 is 0. The smallest absolute Gasteiger partial charge is 0.228 e. The molecule has 0 unspecified atom stereocenters. The molecule has 0 radical (unpaired) electrons. The summed E-state index contributed by atoms with van der Waals surface area (Å²) in [4.78, 5) is 31.1. The summed E-state index contributed by atoms with van der Waals surface area (Å²) in [6.45, 7) is 6.85. The highest BCUT2D eigenvalue weighted by Gasteiger charge is 2.35. The fraction of sp³-hybridized carbons (Fsp3) is 0.517. The van der Waals surface area contributed by atoms with Crippen LogP contribution in [0, 0.1) is 11.8 Å². The van der Waals surface area contributed by atoms with E-state index in [0.29, 0.717) is 26.1 Å². The Hall–Kier alpha value is -2.74. The molecule has 3 aliphatic rings. The number of ether oxygens (including phenoxy) is 1. The van der Waals surface area contributed by atoms with Crippen molar-refractivity contribution < 1.29 is 14.3 Å². The molecule has 7 heteroatoms. The zero-order valence-electron chi connectivity index (χ0n) is 21.1. The van der Waals surface area contributed by atoms with Crippen LogP contribution in [0.4, 0.5) is 5.69 Å². The van der Waals surface area contributed by atoms with Crippen molar-refractivity contribution in [1.29, 1.82) is 0 Å². The first kappa shape index (κ1) is 24.9. The number of nitrogens with zero attached hydrogens (tertiary/aromatic N) is 2. The summed E-state index contributed by atoms with van der Waals surface area (Å²) in [5.41, 5.74) is 4.81. The Kier molecular flexibility index (Phi) is 8.31. The summed E-state index contributed by atoms with van der Waals surface area (Å²) in [7, 11) is 0. The third kappa shape index (κ3) is 6.52. The number of carbonyl (C=O) groups excluding carboxylic acids is 2. The van der Waals surface area contributed by atoms with Crippen LogP contribution in [-0.2, 0) is 33.7 Å². The second-order valence-electron chi connectivity index (χ2n) is 10.4. The molecule has 36 heavy (non-hydrogen) atoms. The number of likely N-dealkylation sites (tertiary alicyclic amines) is 1. The van der Waals surface area contributed by atoms with Gasteiger partial charge in [0, 0.05) is 51.5 Å². The third-order valence-corrected chi connectivity index (χ3v) is 7.71. The van der Waals surface area contributed by atoms with Crippen LogP contribution >= 0.6 is 0 Å². The zero-order valence-corrected chi connectivity index (χ0v) is 21.1. The first-order chi connectivity index (χ1) is 17.6. The summed E-state index contributed by atoms with van der Waals surface area (Å²) in [6, 6.07) is 16.6. The van der Waals surface area contributed by atoms with Gasteiger partial charge in [-0.1, -0.05) is 36.4 Å². The minimum absolute atomic E-state index is 0.0109. The van der Waals surface area contributed by atoms with Crippen molar-refractivity contribution in [3.8, 4) is 0 Å². The van der Waals surface area contributed by atoms with Gasteiger partial charge in [0.25, 0.3) is 0 Å². The monoisotopic (exact) mass is 490 g/mol. The molecule has 1 aliphatic carbocycles. The Labute approximate surface area is 214 Å². The number of amides is 2. The summed E-state index contributed by atoms with van der Waals surface area (Å²) < 4.78 is 5.41. The van der Waals surface area contributed by atoms with Gasteiger partial charge in [-0.25, -0.2) is 0 Å². The van der Waals surface area contributed by atoms with Crippen LogP contribution in [0.15, 0.2) is 48.5 Å². The largest absolute Gasteiger partial charge is 0.379 e. The molecule has 2 atom stereocenters. The number of fused-ring (bicyclic) bond motifs is 1. The first-order valence-corrected chi connectivity index (χ1v) is 13.4. The van der Waals surface area contributed by atoms with Gasteiger partial charge in [0.2, 0.25) is 11.8 Å². The van der Waals surface area contributed by atoms with E-state index in [-0.39, 0.29) is 23.7 Å². The van der Waals surface area contributed by atoms with E-state index in [9.17, 15) is 9.59 Å². The number of carbonyl (C=O) groups is 2. The molecular weight excluding hydrogens is 452 g/mol. The minimum Gasteiger partial charge on any atom is -0.379 e. The second-order valence-corrected chi connectivity index (χ2v) is 10.4. The van der Waals surface area contributed by atoms with Crippen LogP contribution in [0.3, 0.4) is 0 Å². The molecule has 2 aromatic rings. The van der Waals surface area contributed by atoms with Crippen LogP contribution in [0.2, 0.25) is 0 Å². The lowest BCUT2D eigenvalue weighted by Gasteiger charge is -2.36. The Balaban J connectivity index is 1.22. The van der Waals surface area contributed by atoms with Gasteiger partial charge < -0.3 is 15.4 Å². The molecular formula is C29H38N4O3. The van der Waals surface area contributed by atoms with Crippen LogP contribution in [0.1, 0.15) is 29.5 Å². The minimum atomic E-state index is -0.231. The van der Waals surface area contributed by atoms with Crippen molar-refractivity contribution >= 4 is 17.5 Å². The maximum absolute atomic E-state index is 13.4. The maximum Gasteiger partial charge on any atom is 0.228 e. The number of anilines is 1. The Morgan fingerprint density at radius 1 is 0.889 bits per heavy atom. The molecule has 2 amide bonds. The standard InChI is InChI=1S/C29H38N4O3/c34-28(30-11-12-32-13-15-36-16-14-32)25-17-26(21-33(20-25)19-22-5-2-1-3-6-22)29(35)31-27-10-9-23-7-4-8-24(23)18-27/h1-3,5-6,9-10,18,25-26H,4,7-8,11-17,19-21H2,(H,30,34)(H,31,35)/t25-,26+/m0/s1. The molecule has 2 fully saturated rings. The van der Waals surface area contributed by atoms with Gasteiger partial charge in [-0.2, -0.15) is 0 Å². The van der Waals surface area contributed by atoms with Gasteiger partial charge in [0.1, 0.15) is 0 Å². The predicted molar refractivity (Wildman–Crippen MR) is 141 cm³/mol. The van der Waals surface area contributed by atoms with Crippen molar-refractivity contribution in [3.05, 3.63) is 65.2 Å². The van der Waals surface area contributed by atoms with Crippen LogP contribution in [-0.4, -0.2) is 74.1 Å². The van der Waals surface area contributed by atoms with Crippen molar-refractivity contribution in [2.24, 2.45) is 11.8 Å². The van der Waals surface area contributed by atoms with E-state index in [2.05, 4.69) is 44.7 Å². The lowest BCUT2D eigenvalue weighted by atomic mass is 9.87. The predicted octanol–water partition coefficient (Wildman–Crippen LogP) is 2.70. The van der Waals surface area contributed by atoms with E-state index in [1.807, 2.05) is 24.3 Å². The number of hydrogen-bond acceptors (Lipinski definition) is 5. The maximum atomic E-state index is 13.4. The highest BCUT2D eigenvalue weighted by Crippen LogP contribution is 2.28. The van der Waals surface area contributed by atoms with Crippen LogP contribution in [0.25, 0.3) is 0 Å². The Morgan fingerprint density at radius 3 is 2.44 bits per heavy atom. The van der Waals surface area contributed by atoms with Gasteiger partial charge in [-0.05, 0) is 54.5 Å². The molecule has 7 nitrogen and oxygen atoms in total. The Bertz CT molecular complexity index is 1040. The number of benzene rings is 2. The van der Waals surface area contributed by atoms with Crippen LogP contribution < -0.4 is 10.6 Å². The third-order valence-electron chi connectivity index (χ3n) is 7.71. The number of rotatable bonds is 8. The number of hydrogen-bond donors (Lipinski definition) is 2. The molecule has 2 aliphatic heterocycles. The Morgan fingerprint density at radius 2 is 1.64 bits per heavy atom. The number of aryl methyl sites for hydroxylation is 2. The fourth-order valence-corrected chi connectivity index (χ4v) is 5.74. The van der Waals surface area contributed by atoms with Gasteiger partial charge >= 0.3 is 0 Å². The van der Waals surface area contributed by atoms with Crippen molar-refractivity contribution in [1.82, 2.24) is 15.1 Å². The van der Waals surface area contributed by atoms with Gasteiger partial charge in [-0.3, -0.25) is 19.4 Å². The molecule has 2 N–H and O–H groups in total. The molecule has 2 saturated heterocycles. The molecule has 2 heterocycles. The number of piperidine rings is 1. The molecule has 0 aromatic heterocycles. The molecule has 0 saturated carbocycles. The average molecular weight is 491 g/mol. The van der Waals surface area contributed by atoms with Gasteiger partial charge in [0.15, 0.2) is 0 Å². The number of morpholine rings is 1. The van der Waals surface area contributed by atoms with Crippen molar-refractivity contribution in [3.63, 3.8) is 0 Å². The van der Waals surface area contributed by atoms with E-state index in [1.165, 1.54) is 23.1 Å². The highest BCUT2D eigenvalue weighted by molar-refractivity contribution is 5.93. The molecule has 192 valence electrons. The summed E-state index contributed by atoms with van der Waals surface area (Å²) in [5, 5.41) is 6.30. The second kappa shape index (κ2) is 12.0. The first-order valence-electron chi connectivity index (χ1n) is 13.4. The van der Waals surface area contributed by atoms with E-state index < -0.39 is 0 Å². The highest BCUT2D eigenvalue weighted by atomic mass is 16.5. The van der Waals surface area contributed by atoms with Crippen molar-refractivity contribution in [2.45, 2.75) is 32.2 Å².